The number of nitrogens with zero attached hydrogens (tertiary/aromatic N) is 1. The number of nitrogens with one attached hydrogen (secondary N) is 2. The first-order valence-corrected chi connectivity index (χ1v) is 9.68. The van der Waals surface area contributed by atoms with E-state index in [1.54, 1.807) is 13.1 Å². The van der Waals surface area contributed by atoms with Crippen LogP contribution in [0.15, 0.2) is 42.5 Å². The Labute approximate surface area is 167 Å². The van der Waals surface area contributed by atoms with E-state index in [1.807, 2.05) is 12.1 Å². The summed E-state index contributed by atoms with van der Waals surface area (Å²) in [5.41, 5.74) is 2.83. The van der Waals surface area contributed by atoms with E-state index in [0.717, 1.165) is 44.6 Å². The number of hydrogen-bond acceptors (Lipinski definition) is 6. The summed E-state index contributed by atoms with van der Waals surface area (Å²) in [5.74, 6) is 0.650. The van der Waals surface area contributed by atoms with Crippen molar-refractivity contribution in [1.82, 2.24) is 10.2 Å². The van der Waals surface area contributed by atoms with Crippen LogP contribution >= 0.6 is 0 Å². The van der Waals surface area contributed by atoms with E-state index in [-0.39, 0.29) is 12.4 Å². The van der Waals surface area contributed by atoms with E-state index in [1.165, 1.54) is 5.56 Å². The molecule has 3 N–H and O–H groups in total. The molecule has 0 radical (unpaired) electrons. The Morgan fingerprint density at radius 3 is 2.57 bits per heavy atom. The van der Waals surface area contributed by atoms with Crippen LogP contribution in [0.3, 0.4) is 0 Å². The van der Waals surface area contributed by atoms with Gasteiger partial charge in [0, 0.05) is 26.7 Å². The molecule has 0 aliphatic rings. The molecule has 2 aromatic rings. The second-order valence-electron chi connectivity index (χ2n) is 6.71. The van der Waals surface area contributed by atoms with Crippen molar-refractivity contribution in [1.29, 1.82) is 0 Å². The molecule has 152 valence electrons. The van der Waals surface area contributed by atoms with Crippen LogP contribution in [0, 0.1) is 0 Å². The fraction of sp³-hybridized carbons (Fsp3) is 0.409. The Bertz CT molecular complexity index is 722. The number of aromatic hydroxyl groups is 1. The summed E-state index contributed by atoms with van der Waals surface area (Å²) < 4.78 is 5.53. The normalized spacial score (nSPS) is 10.8. The molecule has 0 saturated heterocycles. The third-order valence-corrected chi connectivity index (χ3v) is 4.63. The molecule has 0 amide bonds. The lowest BCUT2D eigenvalue weighted by Gasteiger charge is -2.18. The standard InChI is InChI=1S/C22H31N3O3/c1-23-21-20(27)9-8-19(22(21)28-17-16-26)10-12-24-13-15-25(2)14-11-18-6-4-3-5-7-18/h3-9,16,23-24,27H,10-15,17H2,1-2H3. The van der Waals surface area contributed by atoms with E-state index < -0.39 is 0 Å². The van der Waals surface area contributed by atoms with Gasteiger partial charge in [-0.1, -0.05) is 36.4 Å². The van der Waals surface area contributed by atoms with Crippen LogP contribution in [0.1, 0.15) is 11.1 Å². The highest BCUT2D eigenvalue weighted by Gasteiger charge is 2.13. The Morgan fingerprint density at radius 2 is 1.86 bits per heavy atom. The van der Waals surface area contributed by atoms with Crippen molar-refractivity contribution in [2.45, 2.75) is 12.8 Å². The van der Waals surface area contributed by atoms with Gasteiger partial charge in [0.2, 0.25) is 0 Å². The van der Waals surface area contributed by atoms with Crippen molar-refractivity contribution >= 4 is 12.0 Å². The Hall–Kier alpha value is -2.57. The molecule has 0 heterocycles. The molecule has 2 rings (SSSR count). The molecule has 6 heteroatoms. The number of carbonyl (C=O) groups is 1. The average molecular weight is 386 g/mol. The third kappa shape index (κ3) is 6.87. The summed E-state index contributed by atoms with van der Waals surface area (Å²) in [5, 5.41) is 16.4. The van der Waals surface area contributed by atoms with E-state index in [9.17, 15) is 9.90 Å². The van der Waals surface area contributed by atoms with Gasteiger partial charge in [-0.25, -0.2) is 0 Å². The SMILES string of the molecule is CNc1c(O)ccc(CCNCCN(C)CCc2ccccc2)c1OCC=O. The molecule has 2 aromatic carbocycles. The van der Waals surface area contributed by atoms with E-state index in [0.29, 0.717) is 17.7 Å². The van der Waals surface area contributed by atoms with Crippen molar-refractivity contribution in [3.63, 3.8) is 0 Å². The summed E-state index contributed by atoms with van der Waals surface area (Å²) in [6, 6.07) is 14.0. The highest BCUT2D eigenvalue weighted by molar-refractivity contribution is 5.69. The monoisotopic (exact) mass is 385 g/mol. The first-order chi connectivity index (χ1) is 13.7. The van der Waals surface area contributed by atoms with Gasteiger partial charge in [0.1, 0.15) is 23.8 Å². The van der Waals surface area contributed by atoms with Gasteiger partial charge in [0.15, 0.2) is 6.29 Å². The predicted molar refractivity (Wildman–Crippen MR) is 113 cm³/mol. The summed E-state index contributed by atoms with van der Waals surface area (Å²) >= 11 is 0. The van der Waals surface area contributed by atoms with Gasteiger partial charge in [-0.05, 0) is 43.6 Å². The summed E-state index contributed by atoms with van der Waals surface area (Å²) in [4.78, 5) is 13.0. The minimum Gasteiger partial charge on any atom is -0.506 e. The van der Waals surface area contributed by atoms with Gasteiger partial charge in [0.05, 0.1) is 0 Å². The molecule has 0 aromatic heterocycles. The summed E-state index contributed by atoms with van der Waals surface area (Å²) in [7, 11) is 3.85. The Kier molecular flexibility index (Phi) is 9.31. The van der Waals surface area contributed by atoms with Crippen molar-refractivity contribution in [3.8, 4) is 11.5 Å². The molecule has 6 nitrogen and oxygen atoms in total. The quantitative estimate of drug-likeness (QED) is 0.279. The molecule has 0 bridgehead atoms. The number of ether oxygens (including phenoxy) is 1. The van der Waals surface area contributed by atoms with Crippen LogP contribution in [-0.2, 0) is 17.6 Å². The zero-order valence-electron chi connectivity index (χ0n) is 16.8. The van der Waals surface area contributed by atoms with Crippen molar-refractivity contribution in [2.24, 2.45) is 0 Å². The first-order valence-electron chi connectivity index (χ1n) is 9.68. The Morgan fingerprint density at radius 1 is 1.07 bits per heavy atom. The number of likely N-dealkylation sites (N-methyl/N-ethyl adjacent to an activating group) is 1. The number of phenols is 1. The second-order valence-corrected chi connectivity index (χ2v) is 6.71. The number of aldehydes is 1. The number of hydrogen-bond donors (Lipinski definition) is 3. The van der Waals surface area contributed by atoms with Crippen LogP contribution in [-0.4, -0.2) is 63.2 Å². The van der Waals surface area contributed by atoms with E-state index in [4.69, 9.17) is 4.74 Å². The van der Waals surface area contributed by atoms with Crippen LogP contribution in [0.2, 0.25) is 0 Å². The van der Waals surface area contributed by atoms with Crippen LogP contribution < -0.4 is 15.4 Å². The van der Waals surface area contributed by atoms with Crippen molar-refractivity contribution in [2.75, 3.05) is 52.2 Å². The minimum absolute atomic E-state index is 0.0369. The van der Waals surface area contributed by atoms with Crippen LogP contribution in [0.5, 0.6) is 11.5 Å². The summed E-state index contributed by atoms with van der Waals surface area (Å²) in [6.45, 7) is 3.65. The molecule has 0 spiro atoms. The maximum atomic E-state index is 10.7. The second kappa shape index (κ2) is 12.0. The maximum absolute atomic E-state index is 10.7. The first kappa shape index (κ1) is 21.7. The van der Waals surface area contributed by atoms with Gasteiger partial charge in [-0.15, -0.1) is 0 Å². The highest BCUT2D eigenvalue weighted by Crippen LogP contribution is 2.36. The molecule has 0 saturated carbocycles. The van der Waals surface area contributed by atoms with Gasteiger partial charge < -0.3 is 25.4 Å². The number of carbonyl (C=O) groups excluding carboxylic acids is 1. The van der Waals surface area contributed by atoms with Gasteiger partial charge in [-0.2, -0.15) is 0 Å². The zero-order chi connectivity index (χ0) is 20.2. The summed E-state index contributed by atoms with van der Waals surface area (Å²) in [6.07, 6.45) is 2.50. The number of anilines is 1. The smallest absolute Gasteiger partial charge is 0.157 e. The number of phenolic OH excluding ortho intramolecular Hbond substituents is 1. The molecule has 0 aliphatic carbocycles. The van der Waals surface area contributed by atoms with Crippen molar-refractivity contribution in [3.05, 3.63) is 53.6 Å². The zero-order valence-corrected chi connectivity index (χ0v) is 16.8. The minimum atomic E-state index is -0.0369. The molecule has 0 atom stereocenters. The van der Waals surface area contributed by atoms with Crippen molar-refractivity contribution < 1.29 is 14.6 Å². The fourth-order valence-corrected chi connectivity index (χ4v) is 3.03. The van der Waals surface area contributed by atoms with Crippen LogP contribution in [0.4, 0.5) is 5.69 Å². The molecule has 0 unspecified atom stereocenters. The molecule has 28 heavy (non-hydrogen) atoms. The largest absolute Gasteiger partial charge is 0.506 e. The molecule has 0 fully saturated rings. The number of rotatable bonds is 13. The molecule has 0 aliphatic heterocycles. The Balaban J connectivity index is 1.74. The average Bonchev–Trinajstić information content (AvgIpc) is 2.72. The predicted octanol–water partition coefficient (Wildman–Crippen LogP) is 2.32. The lowest BCUT2D eigenvalue weighted by molar-refractivity contribution is -0.109. The molecular weight excluding hydrogens is 354 g/mol. The van der Waals surface area contributed by atoms with E-state index in [2.05, 4.69) is 46.8 Å². The van der Waals surface area contributed by atoms with Gasteiger partial charge in [0.25, 0.3) is 0 Å². The third-order valence-electron chi connectivity index (χ3n) is 4.63. The lowest BCUT2D eigenvalue weighted by Crippen LogP contribution is -2.31. The van der Waals surface area contributed by atoms with Gasteiger partial charge in [-0.3, -0.25) is 4.79 Å². The maximum Gasteiger partial charge on any atom is 0.157 e. The molecular formula is C22H31N3O3. The number of benzene rings is 2. The highest BCUT2D eigenvalue weighted by atomic mass is 16.5. The lowest BCUT2D eigenvalue weighted by atomic mass is 10.1. The van der Waals surface area contributed by atoms with E-state index >= 15 is 0 Å². The van der Waals surface area contributed by atoms with Crippen LogP contribution in [0.25, 0.3) is 0 Å². The van der Waals surface area contributed by atoms with Gasteiger partial charge >= 0.3 is 0 Å². The fourth-order valence-electron chi connectivity index (χ4n) is 3.03. The topological polar surface area (TPSA) is 73.8 Å².